The number of pyridine rings is 1. The molecule has 1 aromatic carbocycles. The highest BCUT2D eigenvalue weighted by Gasteiger charge is 2.41. The average Bonchev–Trinajstić information content (AvgIpc) is 3.39. The summed E-state index contributed by atoms with van der Waals surface area (Å²) in [5.41, 5.74) is 2.04. The Hall–Kier alpha value is -3.23. The molecule has 2 atom stereocenters. The fraction of sp³-hybridized carbons (Fsp3) is 0.227. The van der Waals surface area contributed by atoms with Crippen molar-refractivity contribution in [2.24, 2.45) is 0 Å². The van der Waals surface area contributed by atoms with Gasteiger partial charge in [-0.1, -0.05) is 18.2 Å². The van der Waals surface area contributed by atoms with Crippen LogP contribution < -0.4 is 5.32 Å². The monoisotopic (exact) mass is 423 g/mol. The number of carbonyl (C=O) groups excluding carboxylic acids is 1. The molecule has 4 rings (SSSR count). The fourth-order valence-electron chi connectivity index (χ4n) is 3.65. The van der Waals surface area contributed by atoms with Crippen LogP contribution in [0.5, 0.6) is 0 Å². The predicted molar refractivity (Wildman–Crippen MR) is 115 cm³/mol. The third-order valence-electron chi connectivity index (χ3n) is 5.03. The standard InChI is InChI=1S/C22H21N3O4S/c1-28-21(27)15-6-4-5-14(13-15)17-8-9-18(29-17)20-19(16-7-2-3-10-23-16)24-22(30)25(20)11-12-26/h2-10,13,19-20,26H,11-12H2,1H3,(H,24,30)/t19-,20-/m1/s1. The van der Waals surface area contributed by atoms with Gasteiger partial charge in [0.15, 0.2) is 5.11 Å². The third kappa shape index (κ3) is 3.79. The van der Waals surface area contributed by atoms with E-state index in [1.54, 1.807) is 24.4 Å². The van der Waals surface area contributed by atoms with Gasteiger partial charge in [0, 0.05) is 18.3 Å². The molecule has 1 fully saturated rings. The van der Waals surface area contributed by atoms with Crippen LogP contribution in [0, 0.1) is 0 Å². The molecule has 7 nitrogen and oxygen atoms in total. The van der Waals surface area contributed by atoms with Gasteiger partial charge in [0.25, 0.3) is 0 Å². The van der Waals surface area contributed by atoms with Crippen LogP contribution in [0.3, 0.4) is 0 Å². The van der Waals surface area contributed by atoms with Crippen molar-refractivity contribution in [1.82, 2.24) is 15.2 Å². The van der Waals surface area contributed by atoms with Crippen molar-refractivity contribution in [3.05, 3.63) is 77.8 Å². The van der Waals surface area contributed by atoms with Crippen molar-refractivity contribution in [2.45, 2.75) is 12.1 Å². The second-order valence-electron chi connectivity index (χ2n) is 6.82. The number of esters is 1. The normalized spacial score (nSPS) is 18.3. The predicted octanol–water partition coefficient (Wildman–Crippen LogP) is 3.09. The summed E-state index contributed by atoms with van der Waals surface area (Å²) in [6.45, 7) is 0.329. The van der Waals surface area contributed by atoms with E-state index < -0.39 is 5.97 Å². The Labute approximate surface area is 179 Å². The Balaban J connectivity index is 1.70. The number of aliphatic hydroxyl groups excluding tert-OH is 1. The molecule has 8 heteroatoms. The van der Waals surface area contributed by atoms with Gasteiger partial charge in [-0.25, -0.2) is 4.79 Å². The Bertz CT molecular complexity index is 1050. The lowest BCUT2D eigenvalue weighted by Crippen LogP contribution is -2.32. The number of hydrogen-bond donors (Lipinski definition) is 2. The number of nitrogens with zero attached hydrogens (tertiary/aromatic N) is 2. The quantitative estimate of drug-likeness (QED) is 0.462. The number of benzene rings is 1. The highest BCUT2D eigenvalue weighted by Crippen LogP contribution is 2.40. The smallest absolute Gasteiger partial charge is 0.337 e. The van der Waals surface area contributed by atoms with Crippen molar-refractivity contribution < 1.29 is 19.1 Å². The number of aromatic nitrogens is 1. The van der Waals surface area contributed by atoms with Crippen molar-refractivity contribution in [3.8, 4) is 11.3 Å². The lowest BCUT2D eigenvalue weighted by molar-refractivity contribution is 0.0601. The first-order chi connectivity index (χ1) is 14.6. The first-order valence-corrected chi connectivity index (χ1v) is 9.90. The minimum absolute atomic E-state index is 0.0397. The maximum atomic E-state index is 11.8. The molecule has 3 heterocycles. The van der Waals surface area contributed by atoms with Crippen molar-refractivity contribution in [3.63, 3.8) is 0 Å². The Kier molecular flexibility index (Phi) is 5.78. The van der Waals surface area contributed by atoms with Gasteiger partial charge in [0.05, 0.1) is 31.0 Å². The van der Waals surface area contributed by atoms with E-state index in [0.717, 1.165) is 11.3 Å². The van der Waals surface area contributed by atoms with Gasteiger partial charge in [0.1, 0.15) is 17.6 Å². The molecular weight excluding hydrogens is 402 g/mol. The van der Waals surface area contributed by atoms with E-state index in [4.69, 9.17) is 21.4 Å². The van der Waals surface area contributed by atoms with Gasteiger partial charge < -0.3 is 24.5 Å². The van der Waals surface area contributed by atoms with E-state index in [1.165, 1.54) is 7.11 Å². The third-order valence-corrected chi connectivity index (χ3v) is 5.38. The first-order valence-electron chi connectivity index (χ1n) is 9.50. The van der Waals surface area contributed by atoms with Gasteiger partial charge in [-0.15, -0.1) is 0 Å². The number of aliphatic hydroxyl groups is 1. The highest BCUT2D eigenvalue weighted by atomic mass is 32.1. The Morgan fingerprint density at radius 1 is 1.27 bits per heavy atom. The summed E-state index contributed by atoms with van der Waals surface area (Å²) in [5.74, 6) is 0.903. The van der Waals surface area contributed by atoms with E-state index in [9.17, 15) is 9.90 Å². The molecule has 3 aromatic rings. The van der Waals surface area contributed by atoms with Gasteiger partial charge in [-0.05, 0) is 48.6 Å². The van der Waals surface area contributed by atoms with E-state index in [2.05, 4.69) is 10.3 Å². The van der Waals surface area contributed by atoms with Crippen LogP contribution in [0.1, 0.15) is 33.9 Å². The molecule has 2 N–H and O–H groups in total. The molecule has 0 spiro atoms. The van der Waals surface area contributed by atoms with Crippen LogP contribution in [0.4, 0.5) is 0 Å². The van der Waals surface area contributed by atoms with E-state index in [1.807, 2.05) is 41.3 Å². The molecule has 154 valence electrons. The number of rotatable bonds is 6. The molecule has 0 unspecified atom stereocenters. The lowest BCUT2D eigenvalue weighted by atomic mass is 10.0. The zero-order chi connectivity index (χ0) is 21.1. The van der Waals surface area contributed by atoms with Crippen molar-refractivity contribution in [2.75, 3.05) is 20.3 Å². The molecule has 30 heavy (non-hydrogen) atoms. The highest BCUT2D eigenvalue weighted by molar-refractivity contribution is 7.80. The van der Waals surface area contributed by atoms with Gasteiger partial charge in [0.2, 0.25) is 0 Å². The second-order valence-corrected chi connectivity index (χ2v) is 7.20. The summed E-state index contributed by atoms with van der Waals surface area (Å²) in [4.78, 5) is 18.2. The molecule has 1 aliphatic heterocycles. The molecule has 0 radical (unpaired) electrons. The number of methoxy groups -OCH3 is 1. The van der Waals surface area contributed by atoms with E-state index in [0.29, 0.717) is 28.7 Å². The Morgan fingerprint density at radius 2 is 2.13 bits per heavy atom. The number of furan rings is 1. The minimum atomic E-state index is -0.404. The summed E-state index contributed by atoms with van der Waals surface area (Å²) in [7, 11) is 1.35. The van der Waals surface area contributed by atoms with E-state index in [-0.39, 0.29) is 18.7 Å². The number of carbonyl (C=O) groups is 1. The van der Waals surface area contributed by atoms with Crippen molar-refractivity contribution >= 4 is 23.3 Å². The second kappa shape index (κ2) is 8.64. The average molecular weight is 423 g/mol. The molecule has 1 aliphatic rings. The molecule has 1 saturated heterocycles. The summed E-state index contributed by atoms with van der Waals surface area (Å²) >= 11 is 5.50. The topological polar surface area (TPSA) is 87.8 Å². The van der Waals surface area contributed by atoms with Crippen LogP contribution in [0.2, 0.25) is 0 Å². The molecule has 0 amide bonds. The van der Waals surface area contributed by atoms with Crippen LogP contribution in [0.25, 0.3) is 11.3 Å². The zero-order valence-electron chi connectivity index (χ0n) is 16.3. The molecule has 0 aliphatic carbocycles. The Morgan fingerprint density at radius 3 is 2.87 bits per heavy atom. The maximum Gasteiger partial charge on any atom is 0.337 e. The molecule has 0 bridgehead atoms. The van der Waals surface area contributed by atoms with Gasteiger partial charge in [-0.3, -0.25) is 4.98 Å². The zero-order valence-corrected chi connectivity index (χ0v) is 17.1. The maximum absolute atomic E-state index is 11.8. The number of hydrogen-bond acceptors (Lipinski definition) is 6. The summed E-state index contributed by atoms with van der Waals surface area (Å²) in [5, 5.41) is 13.4. The van der Waals surface area contributed by atoms with Crippen molar-refractivity contribution in [1.29, 1.82) is 0 Å². The number of nitrogens with one attached hydrogen (secondary N) is 1. The largest absolute Gasteiger partial charge is 0.465 e. The molecule has 0 saturated carbocycles. The summed E-state index contributed by atoms with van der Waals surface area (Å²) < 4.78 is 11.0. The minimum Gasteiger partial charge on any atom is -0.465 e. The number of β-amino-alcohol motifs (C(OH)–C–C–N with tert-alkyl or cyclic N) is 1. The van der Waals surface area contributed by atoms with Crippen LogP contribution in [0.15, 0.2) is 65.2 Å². The van der Waals surface area contributed by atoms with Gasteiger partial charge in [-0.2, -0.15) is 0 Å². The van der Waals surface area contributed by atoms with Crippen LogP contribution >= 0.6 is 12.2 Å². The lowest BCUT2D eigenvalue weighted by Gasteiger charge is -2.25. The number of thiocarbonyl (C=S) groups is 1. The summed E-state index contributed by atoms with van der Waals surface area (Å²) in [6.07, 6.45) is 1.73. The fourth-order valence-corrected chi connectivity index (χ4v) is 3.98. The van der Waals surface area contributed by atoms with E-state index >= 15 is 0 Å². The first kappa shape index (κ1) is 20.1. The van der Waals surface area contributed by atoms with Crippen LogP contribution in [-0.4, -0.2) is 46.3 Å². The summed E-state index contributed by atoms with van der Waals surface area (Å²) in [6, 6.07) is 16.1. The SMILES string of the molecule is COC(=O)c1cccc(-c2ccc([C@@H]3[C@@H](c4ccccn4)NC(=S)N3CCO)o2)c1. The number of ether oxygens (including phenoxy) is 1. The molecule has 2 aromatic heterocycles. The molecular formula is C22H21N3O4S. The van der Waals surface area contributed by atoms with Gasteiger partial charge >= 0.3 is 5.97 Å². The van der Waals surface area contributed by atoms with Crippen LogP contribution in [-0.2, 0) is 4.74 Å².